The number of hydrogen-bond donors (Lipinski definition) is 0. The molecule has 2 aromatic rings. The van der Waals surface area contributed by atoms with E-state index in [0.717, 1.165) is 22.0 Å². The quantitative estimate of drug-likeness (QED) is 0.701. The third-order valence-corrected chi connectivity index (χ3v) is 2.55. The smallest absolute Gasteiger partial charge is 0.0660 e. The highest BCUT2D eigenvalue weighted by Gasteiger charge is 2.00. The van der Waals surface area contributed by atoms with Gasteiger partial charge in [0, 0.05) is 11.2 Å². The standard InChI is InChI=1S/C11H11ClN2/c1-8-3-4-10(7-11(8)12)14-6-5-9(2)13-14/h3-7H,1-2H3. The second-order valence-corrected chi connectivity index (χ2v) is 3.74. The lowest BCUT2D eigenvalue weighted by atomic mass is 10.2. The first-order valence-corrected chi connectivity index (χ1v) is 4.83. The summed E-state index contributed by atoms with van der Waals surface area (Å²) in [6.45, 7) is 3.95. The number of rotatable bonds is 1. The molecule has 0 bridgehead atoms. The summed E-state index contributed by atoms with van der Waals surface area (Å²) in [7, 11) is 0. The summed E-state index contributed by atoms with van der Waals surface area (Å²) in [5, 5.41) is 5.08. The zero-order valence-electron chi connectivity index (χ0n) is 8.16. The predicted molar refractivity (Wildman–Crippen MR) is 58.0 cm³/mol. The Hall–Kier alpha value is -1.28. The van der Waals surface area contributed by atoms with E-state index >= 15 is 0 Å². The van der Waals surface area contributed by atoms with Crippen LogP contribution < -0.4 is 0 Å². The third kappa shape index (κ3) is 1.66. The van der Waals surface area contributed by atoms with Crippen LogP contribution in [0.15, 0.2) is 30.5 Å². The Morgan fingerprint density at radius 1 is 1.21 bits per heavy atom. The predicted octanol–water partition coefficient (Wildman–Crippen LogP) is 3.14. The van der Waals surface area contributed by atoms with Crippen molar-refractivity contribution < 1.29 is 0 Å². The molecule has 0 spiro atoms. The molecule has 0 aliphatic rings. The van der Waals surface area contributed by atoms with Gasteiger partial charge in [0.15, 0.2) is 0 Å². The van der Waals surface area contributed by atoms with Crippen molar-refractivity contribution in [3.8, 4) is 5.69 Å². The number of nitrogens with zero attached hydrogens (tertiary/aromatic N) is 2. The van der Waals surface area contributed by atoms with Crippen LogP contribution in [0.3, 0.4) is 0 Å². The molecule has 0 fully saturated rings. The number of halogens is 1. The molecule has 0 saturated heterocycles. The van der Waals surface area contributed by atoms with Crippen molar-refractivity contribution in [2.75, 3.05) is 0 Å². The molecular weight excluding hydrogens is 196 g/mol. The molecule has 1 heterocycles. The molecular formula is C11H11ClN2. The second-order valence-electron chi connectivity index (χ2n) is 3.34. The van der Waals surface area contributed by atoms with Gasteiger partial charge in [0.2, 0.25) is 0 Å². The summed E-state index contributed by atoms with van der Waals surface area (Å²) in [5.74, 6) is 0. The zero-order chi connectivity index (χ0) is 10.1. The summed E-state index contributed by atoms with van der Waals surface area (Å²) in [6, 6.07) is 7.89. The van der Waals surface area contributed by atoms with Crippen molar-refractivity contribution in [2.24, 2.45) is 0 Å². The maximum atomic E-state index is 6.03. The van der Waals surface area contributed by atoms with Gasteiger partial charge < -0.3 is 0 Å². The van der Waals surface area contributed by atoms with E-state index in [1.165, 1.54) is 0 Å². The van der Waals surface area contributed by atoms with E-state index in [4.69, 9.17) is 11.6 Å². The van der Waals surface area contributed by atoms with Gasteiger partial charge in [-0.2, -0.15) is 5.10 Å². The maximum Gasteiger partial charge on any atom is 0.0660 e. The van der Waals surface area contributed by atoms with E-state index < -0.39 is 0 Å². The Morgan fingerprint density at radius 2 is 2.00 bits per heavy atom. The average Bonchev–Trinajstić information content (AvgIpc) is 2.57. The Morgan fingerprint density at radius 3 is 2.57 bits per heavy atom. The lowest BCUT2D eigenvalue weighted by molar-refractivity contribution is 0.862. The molecule has 1 aromatic heterocycles. The highest BCUT2D eigenvalue weighted by atomic mass is 35.5. The van der Waals surface area contributed by atoms with E-state index in [9.17, 15) is 0 Å². The molecule has 3 heteroatoms. The molecule has 0 amide bonds. The minimum Gasteiger partial charge on any atom is -0.241 e. The fourth-order valence-electron chi connectivity index (χ4n) is 1.28. The Bertz CT molecular complexity index is 460. The third-order valence-electron chi connectivity index (χ3n) is 2.14. The van der Waals surface area contributed by atoms with Gasteiger partial charge in [-0.05, 0) is 37.6 Å². The van der Waals surface area contributed by atoms with Gasteiger partial charge in [-0.15, -0.1) is 0 Å². The number of hydrogen-bond acceptors (Lipinski definition) is 1. The number of benzene rings is 1. The van der Waals surface area contributed by atoms with E-state index in [2.05, 4.69) is 5.10 Å². The van der Waals surface area contributed by atoms with Crippen molar-refractivity contribution >= 4 is 11.6 Å². The van der Waals surface area contributed by atoms with Crippen molar-refractivity contribution in [2.45, 2.75) is 13.8 Å². The molecule has 0 saturated carbocycles. The summed E-state index contributed by atoms with van der Waals surface area (Å²) >= 11 is 6.03. The van der Waals surface area contributed by atoms with Crippen LogP contribution in [0.4, 0.5) is 0 Å². The number of aromatic nitrogens is 2. The van der Waals surface area contributed by atoms with Crippen LogP contribution in [0.2, 0.25) is 5.02 Å². The van der Waals surface area contributed by atoms with Crippen molar-refractivity contribution in [1.82, 2.24) is 9.78 Å². The monoisotopic (exact) mass is 206 g/mol. The summed E-state index contributed by atoms with van der Waals surface area (Å²) in [6.07, 6.45) is 1.93. The largest absolute Gasteiger partial charge is 0.241 e. The Balaban J connectivity index is 2.47. The summed E-state index contributed by atoms with van der Waals surface area (Å²) in [5.41, 5.74) is 3.08. The molecule has 0 N–H and O–H groups in total. The van der Waals surface area contributed by atoms with E-state index in [1.807, 2.05) is 49.0 Å². The minimum absolute atomic E-state index is 0.774. The van der Waals surface area contributed by atoms with Crippen LogP contribution in [0.5, 0.6) is 0 Å². The molecule has 0 aliphatic carbocycles. The lowest BCUT2D eigenvalue weighted by Gasteiger charge is -2.03. The second kappa shape index (κ2) is 3.46. The van der Waals surface area contributed by atoms with Crippen molar-refractivity contribution in [1.29, 1.82) is 0 Å². The van der Waals surface area contributed by atoms with E-state index in [0.29, 0.717) is 0 Å². The first kappa shape index (κ1) is 9.28. The summed E-state index contributed by atoms with van der Waals surface area (Å²) < 4.78 is 1.82. The van der Waals surface area contributed by atoms with Gasteiger partial charge in [0.1, 0.15) is 0 Å². The highest BCUT2D eigenvalue weighted by molar-refractivity contribution is 6.31. The van der Waals surface area contributed by atoms with Crippen molar-refractivity contribution in [3.05, 3.63) is 46.7 Å². The first-order valence-electron chi connectivity index (χ1n) is 4.45. The van der Waals surface area contributed by atoms with E-state index in [1.54, 1.807) is 0 Å². The summed E-state index contributed by atoms with van der Waals surface area (Å²) in [4.78, 5) is 0. The van der Waals surface area contributed by atoms with Crippen LogP contribution in [-0.4, -0.2) is 9.78 Å². The van der Waals surface area contributed by atoms with Gasteiger partial charge in [-0.3, -0.25) is 0 Å². The number of aryl methyl sites for hydroxylation is 2. The van der Waals surface area contributed by atoms with Crippen LogP contribution >= 0.6 is 11.6 Å². The molecule has 0 unspecified atom stereocenters. The van der Waals surface area contributed by atoms with Crippen LogP contribution in [0, 0.1) is 13.8 Å². The molecule has 1 aromatic carbocycles. The lowest BCUT2D eigenvalue weighted by Crippen LogP contribution is -1.95. The highest BCUT2D eigenvalue weighted by Crippen LogP contribution is 2.18. The first-order chi connectivity index (χ1) is 6.66. The fraction of sp³-hybridized carbons (Fsp3) is 0.182. The van der Waals surface area contributed by atoms with Gasteiger partial charge in [-0.25, -0.2) is 4.68 Å². The van der Waals surface area contributed by atoms with Gasteiger partial charge in [-0.1, -0.05) is 17.7 Å². The Kier molecular flexibility index (Phi) is 2.30. The molecule has 2 nitrogen and oxygen atoms in total. The molecule has 0 aliphatic heterocycles. The van der Waals surface area contributed by atoms with Gasteiger partial charge in [0.05, 0.1) is 11.4 Å². The fourth-order valence-corrected chi connectivity index (χ4v) is 1.46. The zero-order valence-corrected chi connectivity index (χ0v) is 8.92. The normalized spacial score (nSPS) is 10.5. The van der Waals surface area contributed by atoms with Crippen molar-refractivity contribution in [3.63, 3.8) is 0 Å². The van der Waals surface area contributed by atoms with Crippen LogP contribution in [0.1, 0.15) is 11.3 Å². The van der Waals surface area contributed by atoms with E-state index in [-0.39, 0.29) is 0 Å². The molecule has 14 heavy (non-hydrogen) atoms. The average molecular weight is 207 g/mol. The molecule has 2 rings (SSSR count). The SMILES string of the molecule is Cc1ccn(-c2ccc(C)c(Cl)c2)n1. The maximum absolute atomic E-state index is 6.03. The van der Waals surface area contributed by atoms with Gasteiger partial charge in [0.25, 0.3) is 0 Å². The molecule has 0 radical (unpaired) electrons. The Labute approximate surface area is 88.1 Å². The molecule has 72 valence electrons. The minimum atomic E-state index is 0.774. The topological polar surface area (TPSA) is 17.8 Å². The molecule has 0 atom stereocenters. The van der Waals surface area contributed by atoms with Crippen LogP contribution in [0.25, 0.3) is 5.69 Å². The van der Waals surface area contributed by atoms with Gasteiger partial charge >= 0.3 is 0 Å². The van der Waals surface area contributed by atoms with Crippen LogP contribution in [-0.2, 0) is 0 Å².